The van der Waals surface area contributed by atoms with Gasteiger partial charge in [-0.1, -0.05) is 77.8 Å². The Morgan fingerprint density at radius 2 is 1.56 bits per heavy atom. The van der Waals surface area contributed by atoms with E-state index in [1.54, 1.807) is 42.6 Å². The van der Waals surface area contributed by atoms with E-state index in [9.17, 15) is 4.79 Å². The molecule has 3 aromatic carbocycles. The molecule has 0 radical (unpaired) electrons. The summed E-state index contributed by atoms with van der Waals surface area (Å²) in [7, 11) is 0. The fourth-order valence-electron chi connectivity index (χ4n) is 2.36. The lowest BCUT2D eigenvalue weighted by Gasteiger charge is -2.09. The van der Waals surface area contributed by atoms with E-state index < -0.39 is 0 Å². The number of halogens is 2. The van der Waals surface area contributed by atoms with Crippen LogP contribution >= 0.6 is 23.2 Å². The van der Waals surface area contributed by atoms with Crippen molar-refractivity contribution in [1.82, 2.24) is 0 Å². The number of carbonyl (C=O) groups is 1. The Balaban J connectivity index is 1.76. The smallest absolute Gasteiger partial charge is 0.255 e. The van der Waals surface area contributed by atoms with Crippen molar-refractivity contribution in [3.05, 3.63) is 100 Å². The highest BCUT2D eigenvalue weighted by molar-refractivity contribution is 6.38. The quantitative estimate of drug-likeness (QED) is 0.482. The molecule has 0 aliphatic carbocycles. The molecule has 3 aromatic rings. The van der Waals surface area contributed by atoms with Crippen LogP contribution in [-0.2, 0) is 0 Å². The molecule has 0 aromatic heterocycles. The van der Waals surface area contributed by atoms with Gasteiger partial charge in [-0.15, -0.1) is 0 Å². The third-order valence-corrected chi connectivity index (χ3v) is 4.32. The standard InChI is InChI=1S/C22H16Cl2N2O/c23-18-14-19(24)21(26-22(27)17-11-5-2-6-12-17)15-20(18)25-13-7-10-16-8-3-1-4-9-16/h1-15H,(H,26,27). The SMILES string of the molecule is O=C(Nc1cc(N=CC=Cc2ccccc2)c(Cl)cc1Cl)c1ccccc1. The molecule has 0 atom stereocenters. The number of allylic oxidation sites excluding steroid dienone is 1. The van der Waals surface area contributed by atoms with Gasteiger partial charge in [0.15, 0.2) is 0 Å². The number of amides is 1. The van der Waals surface area contributed by atoms with Crippen LogP contribution in [-0.4, -0.2) is 12.1 Å². The lowest BCUT2D eigenvalue weighted by molar-refractivity contribution is 0.102. The van der Waals surface area contributed by atoms with Gasteiger partial charge in [-0.05, 0) is 35.9 Å². The van der Waals surface area contributed by atoms with Crippen LogP contribution in [0.3, 0.4) is 0 Å². The van der Waals surface area contributed by atoms with Crippen molar-refractivity contribution in [1.29, 1.82) is 0 Å². The van der Waals surface area contributed by atoms with Gasteiger partial charge in [0.25, 0.3) is 5.91 Å². The van der Waals surface area contributed by atoms with E-state index >= 15 is 0 Å². The van der Waals surface area contributed by atoms with Crippen LogP contribution in [0.2, 0.25) is 10.0 Å². The topological polar surface area (TPSA) is 41.5 Å². The maximum absolute atomic E-state index is 12.3. The van der Waals surface area contributed by atoms with Crippen LogP contribution in [0.1, 0.15) is 15.9 Å². The fourth-order valence-corrected chi connectivity index (χ4v) is 2.84. The number of aliphatic imine (C=N–C) groups is 1. The van der Waals surface area contributed by atoms with Crippen LogP contribution in [0.4, 0.5) is 11.4 Å². The number of anilines is 1. The highest BCUT2D eigenvalue weighted by atomic mass is 35.5. The number of benzene rings is 3. The summed E-state index contributed by atoms with van der Waals surface area (Å²) >= 11 is 12.4. The molecule has 1 N–H and O–H groups in total. The molecule has 0 spiro atoms. The number of hydrogen-bond acceptors (Lipinski definition) is 2. The monoisotopic (exact) mass is 394 g/mol. The van der Waals surface area contributed by atoms with Crippen molar-refractivity contribution in [2.45, 2.75) is 0 Å². The molecule has 0 aliphatic heterocycles. The molecule has 0 saturated heterocycles. The molecule has 134 valence electrons. The van der Waals surface area contributed by atoms with Crippen molar-refractivity contribution in [2.75, 3.05) is 5.32 Å². The first kappa shape index (κ1) is 18.9. The van der Waals surface area contributed by atoms with E-state index in [2.05, 4.69) is 10.3 Å². The normalized spacial score (nSPS) is 11.2. The van der Waals surface area contributed by atoms with Crippen LogP contribution in [0.25, 0.3) is 6.08 Å². The van der Waals surface area contributed by atoms with E-state index in [0.717, 1.165) is 5.56 Å². The van der Waals surface area contributed by atoms with Crippen molar-refractivity contribution in [2.24, 2.45) is 4.99 Å². The molecule has 0 fully saturated rings. The van der Waals surface area contributed by atoms with Crippen molar-refractivity contribution < 1.29 is 4.79 Å². The summed E-state index contributed by atoms with van der Waals surface area (Å²) in [5, 5.41) is 3.54. The summed E-state index contributed by atoms with van der Waals surface area (Å²) in [4.78, 5) is 16.7. The third kappa shape index (κ3) is 5.30. The van der Waals surface area contributed by atoms with Gasteiger partial charge in [0.05, 0.1) is 21.4 Å². The molecule has 3 rings (SSSR count). The van der Waals surface area contributed by atoms with Crippen LogP contribution in [0, 0.1) is 0 Å². The molecule has 1 amide bonds. The number of rotatable bonds is 5. The van der Waals surface area contributed by atoms with Crippen molar-refractivity contribution in [3.8, 4) is 0 Å². The minimum absolute atomic E-state index is 0.251. The first-order valence-corrected chi connectivity index (χ1v) is 9.00. The molecule has 3 nitrogen and oxygen atoms in total. The van der Waals surface area contributed by atoms with Crippen LogP contribution in [0.15, 0.2) is 83.9 Å². The summed E-state index contributed by atoms with van der Waals surface area (Å²) in [6, 6.07) is 22.0. The highest BCUT2D eigenvalue weighted by Gasteiger charge is 2.11. The Kier molecular flexibility index (Phi) is 6.42. The Morgan fingerprint density at radius 1 is 0.889 bits per heavy atom. The molecule has 5 heteroatoms. The van der Waals surface area contributed by atoms with E-state index in [1.807, 2.05) is 48.6 Å². The average molecular weight is 395 g/mol. The lowest BCUT2D eigenvalue weighted by atomic mass is 10.2. The second-order valence-corrected chi connectivity index (χ2v) is 6.47. The molecule has 0 saturated carbocycles. The summed E-state index contributed by atoms with van der Waals surface area (Å²) < 4.78 is 0. The minimum Gasteiger partial charge on any atom is -0.321 e. The van der Waals surface area contributed by atoms with Crippen LogP contribution in [0.5, 0.6) is 0 Å². The molecule has 0 unspecified atom stereocenters. The van der Waals surface area contributed by atoms with E-state index in [4.69, 9.17) is 23.2 Å². The zero-order valence-electron chi connectivity index (χ0n) is 14.3. The Hall–Kier alpha value is -2.88. The number of carbonyl (C=O) groups excluding carboxylic acids is 1. The Morgan fingerprint density at radius 3 is 2.26 bits per heavy atom. The number of nitrogens with zero attached hydrogens (tertiary/aromatic N) is 1. The second-order valence-electron chi connectivity index (χ2n) is 5.65. The van der Waals surface area contributed by atoms with Crippen LogP contribution < -0.4 is 5.32 Å². The van der Waals surface area contributed by atoms with Gasteiger partial charge in [0.1, 0.15) is 0 Å². The van der Waals surface area contributed by atoms with E-state index in [0.29, 0.717) is 27.0 Å². The highest BCUT2D eigenvalue weighted by Crippen LogP contribution is 2.34. The van der Waals surface area contributed by atoms with Crippen molar-refractivity contribution in [3.63, 3.8) is 0 Å². The molecule has 0 heterocycles. The first-order valence-electron chi connectivity index (χ1n) is 8.25. The second kappa shape index (κ2) is 9.17. The minimum atomic E-state index is -0.251. The third-order valence-electron chi connectivity index (χ3n) is 3.71. The Labute approximate surface area is 168 Å². The molecule has 0 aliphatic rings. The predicted molar refractivity (Wildman–Crippen MR) is 114 cm³/mol. The molecule has 27 heavy (non-hydrogen) atoms. The predicted octanol–water partition coefficient (Wildman–Crippen LogP) is 6.66. The molecular weight excluding hydrogens is 379 g/mol. The Bertz CT molecular complexity index is 984. The molecular formula is C22H16Cl2N2O. The van der Waals surface area contributed by atoms with Gasteiger partial charge in [0, 0.05) is 11.8 Å². The largest absolute Gasteiger partial charge is 0.321 e. The number of hydrogen-bond donors (Lipinski definition) is 1. The average Bonchev–Trinajstić information content (AvgIpc) is 2.69. The molecule has 0 bridgehead atoms. The first-order chi connectivity index (χ1) is 13.1. The summed E-state index contributed by atoms with van der Waals surface area (Å²) in [5.41, 5.74) is 2.58. The summed E-state index contributed by atoms with van der Waals surface area (Å²) in [5.74, 6) is -0.251. The number of nitrogens with one attached hydrogen (secondary N) is 1. The van der Waals surface area contributed by atoms with E-state index in [1.165, 1.54) is 0 Å². The van der Waals surface area contributed by atoms with Gasteiger partial charge < -0.3 is 5.32 Å². The zero-order chi connectivity index (χ0) is 19.1. The summed E-state index contributed by atoms with van der Waals surface area (Å²) in [6.07, 6.45) is 5.40. The zero-order valence-corrected chi connectivity index (χ0v) is 15.8. The van der Waals surface area contributed by atoms with Crippen molar-refractivity contribution >= 4 is 52.8 Å². The van der Waals surface area contributed by atoms with Gasteiger partial charge >= 0.3 is 0 Å². The van der Waals surface area contributed by atoms with Gasteiger partial charge in [0.2, 0.25) is 0 Å². The van der Waals surface area contributed by atoms with E-state index in [-0.39, 0.29) is 5.91 Å². The maximum Gasteiger partial charge on any atom is 0.255 e. The maximum atomic E-state index is 12.3. The fraction of sp³-hybridized carbons (Fsp3) is 0. The van der Waals surface area contributed by atoms with Gasteiger partial charge in [-0.2, -0.15) is 0 Å². The summed E-state index contributed by atoms with van der Waals surface area (Å²) in [6.45, 7) is 0. The van der Waals surface area contributed by atoms with Gasteiger partial charge in [-0.25, -0.2) is 0 Å². The lowest BCUT2D eigenvalue weighted by Crippen LogP contribution is -2.11. The van der Waals surface area contributed by atoms with Gasteiger partial charge in [-0.3, -0.25) is 9.79 Å².